The number of likely N-dealkylation sites (tertiary alicyclic amines) is 1. The van der Waals surface area contributed by atoms with E-state index in [1.54, 1.807) is 0 Å². The van der Waals surface area contributed by atoms with Crippen molar-refractivity contribution in [3.05, 3.63) is 17.7 Å². The van der Waals surface area contributed by atoms with Crippen molar-refractivity contribution in [2.75, 3.05) is 27.2 Å². The number of aromatic nitrogens is 2. The van der Waals surface area contributed by atoms with Crippen LogP contribution in [0.5, 0.6) is 0 Å². The molecule has 0 N–H and O–H groups in total. The van der Waals surface area contributed by atoms with Gasteiger partial charge in [0.2, 0.25) is 0 Å². The first-order valence-corrected chi connectivity index (χ1v) is 9.30. The summed E-state index contributed by atoms with van der Waals surface area (Å²) in [6.45, 7) is 12.6. The zero-order chi connectivity index (χ0) is 18.8. The number of rotatable bonds is 5. The minimum absolute atomic E-state index is 0.00418. The van der Waals surface area contributed by atoms with Crippen molar-refractivity contribution in [3.63, 3.8) is 0 Å². The summed E-state index contributed by atoms with van der Waals surface area (Å²) < 4.78 is 7.83. The number of likely N-dealkylation sites (N-methyl/N-ethyl adjacent to an activating group) is 1. The zero-order valence-electron chi connectivity index (χ0n) is 16.9. The van der Waals surface area contributed by atoms with Gasteiger partial charge >= 0.3 is 6.09 Å². The van der Waals surface area contributed by atoms with Crippen LogP contribution in [0.4, 0.5) is 4.79 Å². The van der Waals surface area contributed by atoms with Crippen LogP contribution in [0.3, 0.4) is 0 Å². The fourth-order valence-electron chi connectivity index (χ4n) is 3.06. The van der Waals surface area contributed by atoms with Crippen LogP contribution in [0.2, 0.25) is 0 Å². The van der Waals surface area contributed by atoms with E-state index < -0.39 is 5.60 Å². The van der Waals surface area contributed by atoms with Crippen molar-refractivity contribution in [1.82, 2.24) is 19.4 Å². The molecule has 0 unspecified atom stereocenters. The third-order valence-electron chi connectivity index (χ3n) is 4.38. The van der Waals surface area contributed by atoms with E-state index in [0.717, 1.165) is 44.0 Å². The highest BCUT2D eigenvalue weighted by atomic mass is 16.6. The lowest BCUT2D eigenvalue weighted by atomic mass is 10.1. The van der Waals surface area contributed by atoms with Crippen molar-refractivity contribution in [2.24, 2.45) is 0 Å². The monoisotopic (exact) mass is 350 g/mol. The van der Waals surface area contributed by atoms with E-state index in [2.05, 4.69) is 43.6 Å². The summed E-state index contributed by atoms with van der Waals surface area (Å²) in [7, 11) is 4.14. The smallest absolute Gasteiger partial charge is 0.410 e. The third kappa shape index (κ3) is 5.21. The third-order valence-corrected chi connectivity index (χ3v) is 4.38. The maximum Gasteiger partial charge on any atom is 0.410 e. The molecule has 2 heterocycles. The molecule has 142 valence electrons. The molecular weight excluding hydrogens is 316 g/mol. The molecule has 1 aliphatic heterocycles. The van der Waals surface area contributed by atoms with E-state index in [1.807, 2.05) is 25.7 Å². The fourth-order valence-corrected chi connectivity index (χ4v) is 3.06. The topological polar surface area (TPSA) is 50.6 Å². The predicted octanol–water partition coefficient (Wildman–Crippen LogP) is 3.64. The van der Waals surface area contributed by atoms with Crippen LogP contribution in [0.1, 0.15) is 70.9 Å². The highest BCUT2D eigenvalue weighted by Gasteiger charge is 2.36. The standard InChI is InChI=1S/C19H34N4O2/c1-14(2)15-13-22(12-11-21(6)7)17(20-15)16-9-8-10-23(16)18(24)25-19(3,4)5/h13-14,16H,8-12H2,1-7H3/t16-/m0/s1. The summed E-state index contributed by atoms with van der Waals surface area (Å²) in [5, 5.41) is 0. The Labute approximate surface area is 152 Å². The van der Waals surface area contributed by atoms with Crippen LogP contribution < -0.4 is 0 Å². The molecule has 6 nitrogen and oxygen atoms in total. The second-order valence-corrected chi connectivity index (χ2v) is 8.51. The van der Waals surface area contributed by atoms with Gasteiger partial charge in [-0.1, -0.05) is 13.8 Å². The second-order valence-electron chi connectivity index (χ2n) is 8.51. The van der Waals surface area contributed by atoms with Gasteiger partial charge in [0, 0.05) is 25.8 Å². The lowest BCUT2D eigenvalue weighted by Gasteiger charge is -2.28. The molecule has 0 aliphatic carbocycles. The Morgan fingerprint density at radius 2 is 2.08 bits per heavy atom. The van der Waals surface area contributed by atoms with E-state index in [0.29, 0.717) is 5.92 Å². The van der Waals surface area contributed by atoms with Gasteiger partial charge in [0.15, 0.2) is 0 Å². The first-order valence-electron chi connectivity index (χ1n) is 9.30. The number of amides is 1. The Bertz CT molecular complexity index is 587. The molecule has 0 bridgehead atoms. The van der Waals surface area contributed by atoms with Crippen LogP contribution in [-0.2, 0) is 11.3 Å². The summed E-state index contributed by atoms with van der Waals surface area (Å²) in [5.41, 5.74) is 0.609. The Balaban J connectivity index is 2.26. The minimum atomic E-state index is -0.479. The zero-order valence-corrected chi connectivity index (χ0v) is 16.9. The Hall–Kier alpha value is -1.56. The van der Waals surface area contributed by atoms with Crippen molar-refractivity contribution in [1.29, 1.82) is 0 Å². The molecule has 0 spiro atoms. The molecule has 1 aliphatic rings. The SMILES string of the molecule is CC(C)c1cn(CCN(C)C)c([C@@H]2CCCN2C(=O)OC(C)(C)C)n1. The Morgan fingerprint density at radius 1 is 1.40 bits per heavy atom. The molecule has 25 heavy (non-hydrogen) atoms. The molecule has 2 rings (SSSR count). The summed E-state index contributed by atoms with van der Waals surface area (Å²) in [5.74, 6) is 1.37. The number of ether oxygens (including phenoxy) is 1. The summed E-state index contributed by atoms with van der Waals surface area (Å²) in [6.07, 6.45) is 3.84. The lowest BCUT2D eigenvalue weighted by Crippen LogP contribution is -2.37. The van der Waals surface area contributed by atoms with Crippen LogP contribution in [0.15, 0.2) is 6.20 Å². The molecule has 1 aromatic heterocycles. The summed E-state index contributed by atoms with van der Waals surface area (Å²) >= 11 is 0. The van der Waals surface area contributed by atoms with Gasteiger partial charge in [0.25, 0.3) is 0 Å². The molecular formula is C19H34N4O2. The van der Waals surface area contributed by atoms with Gasteiger partial charge in [-0.25, -0.2) is 9.78 Å². The predicted molar refractivity (Wildman–Crippen MR) is 99.8 cm³/mol. The van der Waals surface area contributed by atoms with E-state index in [-0.39, 0.29) is 12.1 Å². The highest BCUT2D eigenvalue weighted by Crippen LogP contribution is 2.33. The largest absolute Gasteiger partial charge is 0.444 e. The van der Waals surface area contributed by atoms with Gasteiger partial charge in [0.1, 0.15) is 11.4 Å². The van der Waals surface area contributed by atoms with Gasteiger partial charge in [-0.05, 0) is 53.6 Å². The van der Waals surface area contributed by atoms with E-state index >= 15 is 0 Å². The van der Waals surface area contributed by atoms with E-state index in [4.69, 9.17) is 9.72 Å². The molecule has 1 saturated heterocycles. The van der Waals surface area contributed by atoms with Crippen molar-refractivity contribution >= 4 is 6.09 Å². The number of nitrogens with zero attached hydrogens (tertiary/aromatic N) is 4. The van der Waals surface area contributed by atoms with Crippen LogP contribution >= 0.6 is 0 Å². The molecule has 1 atom stereocenters. The molecule has 1 amide bonds. The summed E-state index contributed by atoms with van der Waals surface area (Å²) in [4.78, 5) is 21.5. The van der Waals surface area contributed by atoms with Gasteiger partial charge in [-0.3, -0.25) is 4.90 Å². The maximum absolute atomic E-state index is 12.6. The second kappa shape index (κ2) is 7.77. The van der Waals surface area contributed by atoms with E-state index in [9.17, 15) is 4.79 Å². The maximum atomic E-state index is 12.6. The first kappa shape index (κ1) is 19.8. The molecule has 1 fully saturated rings. The molecule has 1 aromatic rings. The highest BCUT2D eigenvalue weighted by molar-refractivity contribution is 5.69. The van der Waals surface area contributed by atoms with E-state index in [1.165, 1.54) is 0 Å². The van der Waals surface area contributed by atoms with Crippen LogP contribution in [0.25, 0.3) is 0 Å². The number of imidazole rings is 1. The Kier molecular flexibility index (Phi) is 6.14. The van der Waals surface area contributed by atoms with Gasteiger partial charge in [0.05, 0.1) is 11.7 Å². The molecule has 0 radical (unpaired) electrons. The van der Waals surface area contributed by atoms with Crippen LogP contribution in [-0.4, -0.2) is 58.2 Å². The van der Waals surface area contributed by atoms with Crippen molar-refractivity contribution < 1.29 is 9.53 Å². The summed E-state index contributed by atoms with van der Waals surface area (Å²) in [6, 6.07) is 0.00418. The number of carbonyl (C=O) groups is 1. The molecule has 6 heteroatoms. The molecule has 0 aromatic carbocycles. The molecule has 0 saturated carbocycles. The average Bonchev–Trinajstić information content (AvgIpc) is 3.09. The van der Waals surface area contributed by atoms with Gasteiger partial charge in [-0.2, -0.15) is 0 Å². The lowest BCUT2D eigenvalue weighted by molar-refractivity contribution is 0.0215. The first-order chi connectivity index (χ1) is 11.6. The normalized spacial score (nSPS) is 18.4. The number of carbonyl (C=O) groups excluding carboxylic acids is 1. The van der Waals surface area contributed by atoms with Crippen LogP contribution in [0, 0.1) is 0 Å². The fraction of sp³-hybridized carbons (Fsp3) is 0.789. The number of hydrogen-bond donors (Lipinski definition) is 0. The van der Waals surface area contributed by atoms with Gasteiger partial charge < -0.3 is 14.2 Å². The quantitative estimate of drug-likeness (QED) is 0.813. The minimum Gasteiger partial charge on any atom is -0.444 e. The van der Waals surface area contributed by atoms with Crippen molar-refractivity contribution in [3.8, 4) is 0 Å². The van der Waals surface area contributed by atoms with Crippen molar-refractivity contribution in [2.45, 2.75) is 71.6 Å². The average molecular weight is 351 g/mol. The van der Waals surface area contributed by atoms with Gasteiger partial charge in [-0.15, -0.1) is 0 Å². The number of hydrogen-bond acceptors (Lipinski definition) is 4. The Morgan fingerprint density at radius 3 is 2.64 bits per heavy atom.